The van der Waals surface area contributed by atoms with Gasteiger partial charge in [-0.1, -0.05) is 0 Å². The summed E-state index contributed by atoms with van der Waals surface area (Å²) in [5.74, 6) is -0.548. The molecule has 0 atom stereocenters. The first-order valence-corrected chi connectivity index (χ1v) is 3.59. The molecule has 2 heterocycles. The molecule has 0 aliphatic rings. The highest BCUT2D eigenvalue weighted by molar-refractivity contribution is 5.89. The van der Waals surface area contributed by atoms with Crippen LogP contribution < -0.4 is 11.5 Å². The molecule has 0 saturated carbocycles. The van der Waals surface area contributed by atoms with Gasteiger partial charge in [0, 0.05) is 0 Å². The summed E-state index contributed by atoms with van der Waals surface area (Å²) >= 11 is 0. The SMILES string of the molecule is NC(=O)n1cnc2nc(N)nc(O)c21. The molecule has 2 aromatic heterocycles. The van der Waals surface area contributed by atoms with Crippen molar-refractivity contribution in [1.29, 1.82) is 0 Å². The van der Waals surface area contributed by atoms with Crippen LogP contribution in [0.15, 0.2) is 6.33 Å². The van der Waals surface area contributed by atoms with Crippen molar-refractivity contribution in [3.63, 3.8) is 0 Å². The van der Waals surface area contributed by atoms with Crippen LogP contribution in [0.3, 0.4) is 0 Å². The zero-order valence-electron chi connectivity index (χ0n) is 6.88. The first-order valence-electron chi connectivity index (χ1n) is 3.59. The Morgan fingerprint density at radius 1 is 1.50 bits per heavy atom. The molecule has 8 nitrogen and oxygen atoms in total. The predicted molar refractivity (Wildman–Crippen MR) is 46.4 cm³/mol. The number of rotatable bonds is 0. The summed E-state index contributed by atoms with van der Waals surface area (Å²) in [6.45, 7) is 0. The summed E-state index contributed by atoms with van der Waals surface area (Å²) in [6, 6.07) is -0.781. The molecule has 0 radical (unpaired) electrons. The van der Waals surface area contributed by atoms with Crippen molar-refractivity contribution in [1.82, 2.24) is 19.5 Å². The summed E-state index contributed by atoms with van der Waals surface area (Å²) in [4.78, 5) is 21.8. The number of hydrogen-bond acceptors (Lipinski definition) is 6. The lowest BCUT2D eigenvalue weighted by molar-refractivity contribution is 0.251. The highest BCUT2D eigenvalue weighted by Gasteiger charge is 2.13. The van der Waals surface area contributed by atoms with Gasteiger partial charge in [0.2, 0.25) is 11.8 Å². The van der Waals surface area contributed by atoms with Crippen LogP contribution in [0.2, 0.25) is 0 Å². The van der Waals surface area contributed by atoms with Crippen LogP contribution in [-0.4, -0.2) is 30.7 Å². The molecule has 0 aliphatic heterocycles. The van der Waals surface area contributed by atoms with Crippen LogP contribution in [-0.2, 0) is 0 Å². The molecule has 1 amide bonds. The number of carbonyl (C=O) groups is 1. The third kappa shape index (κ3) is 1.01. The topological polar surface area (TPSA) is 133 Å². The van der Waals surface area contributed by atoms with Crippen molar-refractivity contribution in [2.75, 3.05) is 5.73 Å². The fourth-order valence-electron chi connectivity index (χ4n) is 1.09. The van der Waals surface area contributed by atoms with Crippen molar-refractivity contribution < 1.29 is 9.90 Å². The Morgan fingerprint density at radius 2 is 2.21 bits per heavy atom. The Bertz CT molecular complexity index is 518. The van der Waals surface area contributed by atoms with Gasteiger partial charge >= 0.3 is 6.03 Å². The number of fused-ring (bicyclic) bond motifs is 1. The molecular formula is C6H6N6O2. The van der Waals surface area contributed by atoms with E-state index in [2.05, 4.69) is 15.0 Å². The van der Waals surface area contributed by atoms with E-state index >= 15 is 0 Å². The van der Waals surface area contributed by atoms with E-state index in [4.69, 9.17) is 11.5 Å². The van der Waals surface area contributed by atoms with Gasteiger partial charge in [0.15, 0.2) is 11.2 Å². The molecule has 0 aliphatic carbocycles. The summed E-state index contributed by atoms with van der Waals surface area (Å²) in [6.07, 6.45) is 1.14. The van der Waals surface area contributed by atoms with Crippen molar-refractivity contribution >= 4 is 23.1 Å². The van der Waals surface area contributed by atoms with Crippen LogP contribution in [0.4, 0.5) is 10.7 Å². The fraction of sp³-hybridized carbons (Fsp3) is 0. The van der Waals surface area contributed by atoms with Crippen LogP contribution in [0, 0.1) is 0 Å². The zero-order valence-corrected chi connectivity index (χ0v) is 6.88. The second-order valence-electron chi connectivity index (χ2n) is 2.53. The van der Waals surface area contributed by atoms with Gasteiger partial charge in [0.1, 0.15) is 6.33 Å². The number of aromatic nitrogens is 4. The molecule has 0 unspecified atom stereocenters. The van der Waals surface area contributed by atoms with E-state index in [-0.39, 0.29) is 17.1 Å². The summed E-state index contributed by atoms with van der Waals surface area (Å²) in [5, 5.41) is 9.37. The maximum atomic E-state index is 10.9. The molecule has 0 spiro atoms. The average molecular weight is 194 g/mol. The molecule has 0 fully saturated rings. The number of carbonyl (C=O) groups excluding carboxylic acids is 1. The van der Waals surface area contributed by atoms with Gasteiger partial charge in [0.05, 0.1) is 0 Å². The number of aromatic hydroxyl groups is 1. The number of nitrogens with zero attached hydrogens (tertiary/aromatic N) is 4. The minimum Gasteiger partial charge on any atom is -0.492 e. The van der Waals surface area contributed by atoms with E-state index in [1.54, 1.807) is 0 Å². The average Bonchev–Trinajstić information content (AvgIpc) is 2.47. The number of anilines is 1. The van der Waals surface area contributed by atoms with Crippen LogP contribution in [0.5, 0.6) is 5.88 Å². The molecule has 2 aromatic rings. The van der Waals surface area contributed by atoms with E-state index in [0.29, 0.717) is 0 Å². The lowest BCUT2D eigenvalue weighted by Gasteiger charge is -1.98. The second-order valence-corrected chi connectivity index (χ2v) is 2.53. The molecule has 0 aromatic carbocycles. The quantitative estimate of drug-likeness (QED) is 0.494. The number of primary amides is 1. The predicted octanol–water partition coefficient (Wildman–Crippen LogP) is -0.959. The first kappa shape index (κ1) is 8.23. The molecule has 14 heavy (non-hydrogen) atoms. The van der Waals surface area contributed by atoms with Crippen molar-refractivity contribution in [3.8, 4) is 5.88 Å². The third-order valence-corrected chi connectivity index (χ3v) is 1.64. The Morgan fingerprint density at radius 3 is 2.86 bits per heavy atom. The monoisotopic (exact) mass is 194 g/mol. The van der Waals surface area contributed by atoms with Crippen LogP contribution in [0.25, 0.3) is 11.2 Å². The maximum Gasteiger partial charge on any atom is 0.324 e. The number of nitrogen functional groups attached to an aromatic ring is 1. The largest absolute Gasteiger partial charge is 0.492 e. The number of hydrogen-bond donors (Lipinski definition) is 3. The van der Waals surface area contributed by atoms with Gasteiger partial charge in [-0.05, 0) is 0 Å². The molecule has 0 bridgehead atoms. The Hall–Kier alpha value is -2.38. The van der Waals surface area contributed by atoms with Gasteiger partial charge in [-0.2, -0.15) is 9.97 Å². The smallest absolute Gasteiger partial charge is 0.324 e. The maximum absolute atomic E-state index is 10.9. The van der Waals surface area contributed by atoms with Gasteiger partial charge in [-0.25, -0.2) is 14.3 Å². The fourth-order valence-corrected chi connectivity index (χ4v) is 1.09. The van der Waals surface area contributed by atoms with E-state index in [0.717, 1.165) is 10.9 Å². The normalized spacial score (nSPS) is 10.6. The van der Waals surface area contributed by atoms with Crippen molar-refractivity contribution in [3.05, 3.63) is 6.33 Å². The number of amides is 1. The lowest BCUT2D eigenvalue weighted by Crippen LogP contribution is -2.18. The Kier molecular flexibility index (Phi) is 1.50. The summed E-state index contributed by atoms with van der Waals surface area (Å²) in [7, 11) is 0. The van der Waals surface area contributed by atoms with E-state index in [9.17, 15) is 9.90 Å². The van der Waals surface area contributed by atoms with Gasteiger partial charge < -0.3 is 16.6 Å². The van der Waals surface area contributed by atoms with E-state index in [1.807, 2.05) is 0 Å². The Labute approximate surface area is 77.2 Å². The van der Waals surface area contributed by atoms with Gasteiger partial charge in [-0.3, -0.25) is 0 Å². The lowest BCUT2D eigenvalue weighted by atomic mass is 10.5. The Balaban J connectivity index is 2.85. The van der Waals surface area contributed by atoms with Gasteiger partial charge in [0.25, 0.3) is 0 Å². The number of nitrogens with two attached hydrogens (primary N) is 2. The van der Waals surface area contributed by atoms with Crippen molar-refractivity contribution in [2.45, 2.75) is 0 Å². The number of imidazole rings is 1. The zero-order chi connectivity index (χ0) is 10.3. The standard InChI is InChI=1S/C6H6N6O2/c7-5-10-3-2(4(13)11-5)12(1-9-3)6(8)14/h1H,(H2,8,14)(H3,7,10,11,13). The highest BCUT2D eigenvalue weighted by atomic mass is 16.3. The van der Waals surface area contributed by atoms with Crippen molar-refractivity contribution in [2.24, 2.45) is 5.73 Å². The third-order valence-electron chi connectivity index (χ3n) is 1.64. The molecule has 72 valence electrons. The van der Waals surface area contributed by atoms with Crippen LogP contribution in [0.1, 0.15) is 0 Å². The molecule has 2 rings (SSSR count). The molecular weight excluding hydrogens is 188 g/mol. The summed E-state index contributed by atoms with van der Waals surface area (Å²) < 4.78 is 0.935. The molecule has 5 N–H and O–H groups in total. The van der Waals surface area contributed by atoms with E-state index < -0.39 is 11.9 Å². The molecule has 0 saturated heterocycles. The molecule has 8 heteroatoms. The second kappa shape index (κ2) is 2.55. The van der Waals surface area contributed by atoms with E-state index in [1.165, 1.54) is 0 Å². The van der Waals surface area contributed by atoms with Gasteiger partial charge in [-0.15, -0.1) is 0 Å². The highest BCUT2D eigenvalue weighted by Crippen LogP contribution is 2.20. The first-order chi connectivity index (χ1) is 6.59. The van der Waals surface area contributed by atoms with Crippen LogP contribution >= 0.6 is 0 Å². The summed E-state index contributed by atoms with van der Waals surface area (Å²) in [5.41, 5.74) is 10.4. The minimum atomic E-state index is -0.781. The minimum absolute atomic E-state index is 0.0479.